The van der Waals surface area contributed by atoms with E-state index in [1.54, 1.807) is 0 Å². The summed E-state index contributed by atoms with van der Waals surface area (Å²) in [6, 6.07) is 5.52. The fourth-order valence-electron chi connectivity index (χ4n) is 1.23. The summed E-state index contributed by atoms with van der Waals surface area (Å²) in [5.41, 5.74) is 0.825. The summed E-state index contributed by atoms with van der Waals surface area (Å²) in [6.45, 7) is 0. The molecule has 0 bridgehead atoms. The largest absolute Gasteiger partial charge is 0.469 e. The summed E-state index contributed by atoms with van der Waals surface area (Å²) in [5, 5.41) is 1.39. The molecule has 1 aromatic carbocycles. The first kappa shape index (κ1) is 10.4. The van der Waals surface area contributed by atoms with Crippen LogP contribution in [0.2, 0.25) is 5.02 Å². The number of hydrogen-bond acceptors (Lipinski definition) is 4. The van der Waals surface area contributed by atoms with Crippen molar-refractivity contribution in [3.63, 3.8) is 0 Å². The predicted molar refractivity (Wildman–Crippen MR) is 60.4 cm³/mol. The highest BCUT2D eigenvalue weighted by molar-refractivity contribution is 7.19. The molecule has 0 aliphatic carbocycles. The van der Waals surface area contributed by atoms with Gasteiger partial charge >= 0.3 is 5.97 Å². The van der Waals surface area contributed by atoms with Crippen LogP contribution in [0, 0.1) is 0 Å². The van der Waals surface area contributed by atoms with Gasteiger partial charge in [-0.2, -0.15) is 0 Å². The van der Waals surface area contributed by atoms with Gasteiger partial charge in [0.05, 0.1) is 28.8 Å². The molecule has 0 spiro atoms. The summed E-state index contributed by atoms with van der Waals surface area (Å²) < 4.78 is 5.49. The molecule has 78 valence electrons. The van der Waals surface area contributed by atoms with Crippen LogP contribution < -0.4 is 0 Å². The van der Waals surface area contributed by atoms with Crippen LogP contribution in [0.1, 0.15) is 5.01 Å². The van der Waals surface area contributed by atoms with Gasteiger partial charge in [0.1, 0.15) is 5.01 Å². The van der Waals surface area contributed by atoms with Crippen molar-refractivity contribution in [3.05, 3.63) is 28.2 Å². The number of halogens is 1. The van der Waals surface area contributed by atoms with E-state index in [0.717, 1.165) is 15.2 Å². The molecular weight excluding hydrogens is 234 g/mol. The molecule has 0 saturated carbocycles. The number of fused-ring (bicyclic) bond motifs is 1. The van der Waals surface area contributed by atoms with Crippen LogP contribution in [0.3, 0.4) is 0 Å². The molecule has 5 heteroatoms. The van der Waals surface area contributed by atoms with Crippen LogP contribution in [-0.4, -0.2) is 18.1 Å². The van der Waals surface area contributed by atoms with Crippen LogP contribution in [0.25, 0.3) is 10.2 Å². The fourth-order valence-corrected chi connectivity index (χ4v) is 2.47. The normalized spacial score (nSPS) is 10.5. The number of aromatic nitrogens is 1. The van der Waals surface area contributed by atoms with E-state index in [2.05, 4.69) is 9.72 Å². The second kappa shape index (κ2) is 4.16. The van der Waals surface area contributed by atoms with Crippen molar-refractivity contribution in [1.29, 1.82) is 0 Å². The van der Waals surface area contributed by atoms with Crippen molar-refractivity contribution < 1.29 is 9.53 Å². The standard InChI is InChI=1S/C10H8ClNO2S/c1-14-9(13)5-8-12-7-4-2-3-6(11)10(7)15-8/h2-4H,5H2,1H3. The quantitative estimate of drug-likeness (QED) is 0.759. The van der Waals surface area contributed by atoms with Crippen LogP contribution in [0.4, 0.5) is 0 Å². The van der Waals surface area contributed by atoms with E-state index < -0.39 is 0 Å². The molecule has 0 aliphatic rings. The molecule has 2 aromatic rings. The van der Waals surface area contributed by atoms with E-state index in [0.29, 0.717) is 5.02 Å². The molecule has 2 rings (SSSR count). The topological polar surface area (TPSA) is 39.2 Å². The number of hydrogen-bond donors (Lipinski definition) is 0. The average molecular weight is 242 g/mol. The highest BCUT2D eigenvalue weighted by Gasteiger charge is 2.10. The van der Waals surface area contributed by atoms with Gasteiger partial charge in [-0.1, -0.05) is 17.7 Å². The van der Waals surface area contributed by atoms with Gasteiger partial charge in [0.25, 0.3) is 0 Å². The van der Waals surface area contributed by atoms with Gasteiger partial charge in [0.15, 0.2) is 0 Å². The van der Waals surface area contributed by atoms with Gasteiger partial charge < -0.3 is 4.74 Å². The van der Waals surface area contributed by atoms with Crippen LogP contribution in [0.5, 0.6) is 0 Å². The molecule has 1 aromatic heterocycles. The van der Waals surface area contributed by atoms with Gasteiger partial charge in [-0.15, -0.1) is 11.3 Å². The second-order valence-corrected chi connectivity index (χ2v) is 4.44. The smallest absolute Gasteiger partial charge is 0.312 e. The summed E-state index contributed by atoms with van der Waals surface area (Å²) in [4.78, 5) is 15.3. The molecule has 0 radical (unpaired) electrons. The van der Waals surface area contributed by atoms with Gasteiger partial charge in [-0.3, -0.25) is 4.79 Å². The maximum atomic E-state index is 11.1. The van der Waals surface area contributed by atoms with Gasteiger partial charge in [-0.25, -0.2) is 4.98 Å². The second-order valence-electron chi connectivity index (χ2n) is 2.95. The van der Waals surface area contributed by atoms with E-state index >= 15 is 0 Å². The molecule has 1 heterocycles. The van der Waals surface area contributed by atoms with Gasteiger partial charge in [0.2, 0.25) is 0 Å². The highest BCUT2D eigenvalue weighted by atomic mass is 35.5. The number of benzene rings is 1. The zero-order chi connectivity index (χ0) is 10.8. The first-order valence-electron chi connectivity index (χ1n) is 4.31. The lowest BCUT2D eigenvalue weighted by molar-refractivity contribution is -0.139. The zero-order valence-corrected chi connectivity index (χ0v) is 9.56. The van der Waals surface area contributed by atoms with Crippen molar-refractivity contribution >= 4 is 39.1 Å². The van der Waals surface area contributed by atoms with E-state index in [9.17, 15) is 4.79 Å². The van der Waals surface area contributed by atoms with Gasteiger partial charge in [0, 0.05) is 0 Å². The molecule has 0 amide bonds. The van der Waals surface area contributed by atoms with Crippen molar-refractivity contribution in [1.82, 2.24) is 4.98 Å². The van der Waals surface area contributed by atoms with E-state index in [4.69, 9.17) is 11.6 Å². The third-order valence-electron chi connectivity index (χ3n) is 1.93. The number of thiazole rings is 1. The molecule has 0 atom stereocenters. The van der Waals surface area contributed by atoms with E-state index in [-0.39, 0.29) is 12.4 Å². The lowest BCUT2D eigenvalue weighted by Crippen LogP contribution is -2.03. The van der Waals surface area contributed by atoms with E-state index in [1.807, 2.05) is 18.2 Å². The van der Waals surface area contributed by atoms with Crippen LogP contribution in [-0.2, 0) is 16.0 Å². The number of ether oxygens (including phenoxy) is 1. The minimum atomic E-state index is -0.287. The maximum Gasteiger partial charge on any atom is 0.312 e. The summed E-state index contributed by atoms with van der Waals surface area (Å²) in [7, 11) is 1.36. The summed E-state index contributed by atoms with van der Waals surface area (Å²) in [5.74, 6) is -0.287. The van der Waals surface area contributed by atoms with Crippen molar-refractivity contribution in [2.45, 2.75) is 6.42 Å². The number of rotatable bonds is 2. The fraction of sp³-hybridized carbons (Fsp3) is 0.200. The molecule has 0 saturated heterocycles. The number of nitrogens with zero attached hydrogens (tertiary/aromatic N) is 1. The molecule has 0 aliphatic heterocycles. The molecule has 3 nitrogen and oxygen atoms in total. The third-order valence-corrected chi connectivity index (χ3v) is 3.47. The molecular formula is C10H8ClNO2S. The Morgan fingerprint density at radius 3 is 3.07 bits per heavy atom. The Kier molecular flexibility index (Phi) is 2.88. The van der Waals surface area contributed by atoms with Crippen LogP contribution in [0.15, 0.2) is 18.2 Å². The monoisotopic (exact) mass is 241 g/mol. The number of carbonyl (C=O) groups is 1. The Balaban J connectivity index is 2.39. The van der Waals surface area contributed by atoms with Crippen molar-refractivity contribution in [2.24, 2.45) is 0 Å². The predicted octanol–water partition coefficient (Wildman–Crippen LogP) is 2.67. The first-order valence-corrected chi connectivity index (χ1v) is 5.51. The lowest BCUT2D eigenvalue weighted by Gasteiger charge is -1.92. The molecule has 0 N–H and O–H groups in total. The van der Waals surface area contributed by atoms with Gasteiger partial charge in [-0.05, 0) is 12.1 Å². The number of methoxy groups -OCH3 is 1. The van der Waals surface area contributed by atoms with Crippen molar-refractivity contribution in [3.8, 4) is 0 Å². The molecule has 0 unspecified atom stereocenters. The Labute approximate surface area is 95.6 Å². The maximum absolute atomic E-state index is 11.1. The molecule has 15 heavy (non-hydrogen) atoms. The minimum absolute atomic E-state index is 0.201. The Morgan fingerprint density at radius 2 is 2.40 bits per heavy atom. The third kappa shape index (κ3) is 2.11. The summed E-state index contributed by atoms with van der Waals surface area (Å²) in [6.07, 6.45) is 0.201. The van der Waals surface area contributed by atoms with E-state index in [1.165, 1.54) is 18.4 Å². The van der Waals surface area contributed by atoms with Crippen molar-refractivity contribution in [2.75, 3.05) is 7.11 Å². The number of esters is 1. The highest BCUT2D eigenvalue weighted by Crippen LogP contribution is 2.29. The average Bonchev–Trinajstić information content (AvgIpc) is 2.62. The minimum Gasteiger partial charge on any atom is -0.469 e. The first-order chi connectivity index (χ1) is 7.20. The SMILES string of the molecule is COC(=O)Cc1nc2cccc(Cl)c2s1. The number of carbonyl (C=O) groups excluding carboxylic acids is 1. The zero-order valence-electron chi connectivity index (χ0n) is 7.99. The van der Waals surface area contributed by atoms with Crippen LogP contribution >= 0.6 is 22.9 Å². The Hall–Kier alpha value is -1.13. The Morgan fingerprint density at radius 1 is 1.60 bits per heavy atom. The lowest BCUT2D eigenvalue weighted by atomic mass is 10.3. The molecule has 0 fully saturated rings. The Bertz CT molecular complexity index is 509. The summed E-state index contributed by atoms with van der Waals surface area (Å²) >= 11 is 7.42.